The molecule has 4 nitrogen and oxygen atoms in total. The van der Waals surface area contributed by atoms with Crippen LogP contribution in [0, 0.1) is 5.92 Å². The molecule has 0 aliphatic carbocycles. The summed E-state index contributed by atoms with van der Waals surface area (Å²) in [5, 5.41) is 0. The third kappa shape index (κ3) is 7.65. The van der Waals surface area contributed by atoms with Crippen molar-refractivity contribution >= 4 is 0 Å². The molecule has 2 aliphatic heterocycles. The topological polar surface area (TPSA) is 58.5 Å². The molecule has 0 aromatic heterocycles. The number of hydrogen-bond acceptors (Lipinski definition) is 4. The zero-order valence-electron chi connectivity index (χ0n) is 20.2. The SMILES string of the molecule is C=C/C=C/C1=CN(/C=C(/CCC(C)(C)N)C(C)CC)C(C)C=C1N1CCC(N)(F)CC1. The molecule has 0 amide bonds. The number of rotatable bonds is 9. The maximum Gasteiger partial charge on any atom is 0.162 e. The van der Waals surface area contributed by atoms with E-state index in [2.05, 4.69) is 75.5 Å². The first kappa shape index (κ1) is 25.4. The van der Waals surface area contributed by atoms with Crippen molar-refractivity contribution in [2.45, 2.75) is 84.1 Å². The Morgan fingerprint density at radius 3 is 2.58 bits per heavy atom. The molecule has 4 N–H and O–H groups in total. The molecule has 0 bridgehead atoms. The minimum atomic E-state index is -1.55. The maximum absolute atomic E-state index is 14.1. The van der Waals surface area contributed by atoms with Gasteiger partial charge in [0.25, 0.3) is 0 Å². The van der Waals surface area contributed by atoms with Crippen molar-refractivity contribution in [1.82, 2.24) is 9.80 Å². The lowest BCUT2D eigenvalue weighted by atomic mass is 9.89. The predicted molar refractivity (Wildman–Crippen MR) is 131 cm³/mol. The standard InChI is InChI=1S/C26H43FN4/c1-7-9-10-23-19-31(18-22(20(3)8-2)11-12-25(5,6)28)21(4)17-24(23)30-15-13-26(27,29)14-16-30/h7,9-10,17-21H,1,8,11-16,28-29H2,2-6H3/b10-9+,22-18-. The minimum Gasteiger partial charge on any atom is -0.371 e. The number of likely N-dealkylation sites (tertiary alicyclic amines) is 1. The summed E-state index contributed by atoms with van der Waals surface area (Å²) in [6, 6.07) is 0.204. The van der Waals surface area contributed by atoms with E-state index in [0.29, 0.717) is 31.8 Å². The van der Waals surface area contributed by atoms with E-state index in [0.717, 1.165) is 30.5 Å². The Morgan fingerprint density at radius 1 is 1.39 bits per heavy atom. The van der Waals surface area contributed by atoms with Crippen molar-refractivity contribution in [3.05, 3.63) is 60.1 Å². The lowest BCUT2D eigenvalue weighted by molar-refractivity contribution is 0.0792. The van der Waals surface area contributed by atoms with Gasteiger partial charge in [-0.05, 0) is 52.0 Å². The Hall–Kier alpha value is -1.85. The molecular formula is C26H43FN4. The summed E-state index contributed by atoms with van der Waals surface area (Å²) in [5.74, 6) is -1.04. The summed E-state index contributed by atoms with van der Waals surface area (Å²) in [4.78, 5) is 4.55. The average molecular weight is 431 g/mol. The summed E-state index contributed by atoms with van der Waals surface area (Å²) in [7, 11) is 0. The molecule has 2 heterocycles. The Balaban J connectivity index is 2.31. The van der Waals surface area contributed by atoms with Gasteiger partial charge in [0.15, 0.2) is 5.79 Å². The lowest BCUT2D eigenvalue weighted by Gasteiger charge is -2.40. The largest absolute Gasteiger partial charge is 0.371 e. The first-order valence-electron chi connectivity index (χ1n) is 11.7. The van der Waals surface area contributed by atoms with Crippen molar-refractivity contribution in [3.63, 3.8) is 0 Å². The molecular weight excluding hydrogens is 387 g/mol. The summed E-state index contributed by atoms with van der Waals surface area (Å²) in [6.07, 6.45) is 16.4. The highest BCUT2D eigenvalue weighted by Crippen LogP contribution is 2.32. The molecule has 5 heteroatoms. The van der Waals surface area contributed by atoms with Crippen LogP contribution in [0.25, 0.3) is 0 Å². The fourth-order valence-corrected chi connectivity index (χ4v) is 3.98. The van der Waals surface area contributed by atoms with Gasteiger partial charge in [-0.25, -0.2) is 4.39 Å². The molecule has 1 fully saturated rings. The number of nitrogens with zero attached hydrogens (tertiary/aromatic N) is 2. The van der Waals surface area contributed by atoms with Crippen molar-refractivity contribution in [1.29, 1.82) is 0 Å². The van der Waals surface area contributed by atoms with E-state index < -0.39 is 5.79 Å². The second-order valence-corrected chi connectivity index (χ2v) is 9.94. The third-order valence-corrected chi connectivity index (χ3v) is 6.42. The van der Waals surface area contributed by atoms with E-state index >= 15 is 0 Å². The van der Waals surface area contributed by atoms with Crippen LogP contribution in [0.15, 0.2) is 60.1 Å². The first-order chi connectivity index (χ1) is 14.5. The van der Waals surface area contributed by atoms with E-state index in [1.54, 1.807) is 6.08 Å². The Labute approximate surface area is 189 Å². The first-order valence-corrected chi connectivity index (χ1v) is 11.7. The van der Waals surface area contributed by atoms with Crippen LogP contribution in [0.4, 0.5) is 4.39 Å². The van der Waals surface area contributed by atoms with Crippen molar-refractivity contribution < 1.29 is 4.39 Å². The molecule has 0 radical (unpaired) electrons. The molecule has 0 aromatic rings. The highest BCUT2D eigenvalue weighted by molar-refractivity contribution is 5.43. The van der Waals surface area contributed by atoms with Gasteiger partial charge in [-0.1, -0.05) is 44.2 Å². The van der Waals surface area contributed by atoms with Crippen LogP contribution in [0.3, 0.4) is 0 Å². The summed E-state index contributed by atoms with van der Waals surface area (Å²) < 4.78 is 14.1. The van der Waals surface area contributed by atoms with E-state index in [1.165, 1.54) is 5.57 Å². The average Bonchev–Trinajstić information content (AvgIpc) is 2.69. The van der Waals surface area contributed by atoms with Crippen LogP contribution in [0.1, 0.15) is 66.7 Å². The maximum atomic E-state index is 14.1. The van der Waals surface area contributed by atoms with Crippen LogP contribution in [0.2, 0.25) is 0 Å². The van der Waals surface area contributed by atoms with Gasteiger partial charge in [0.1, 0.15) is 0 Å². The molecule has 2 unspecified atom stereocenters. The normalized spacial score (nSPS) is 23.6. The van der Waals surface area contributed by atoms with Crippen LogP contribution in [-0.4, -0.2) is 40.3 Å². The fraction of sp³-hybridized carbons (Fsp3) is 0.615. The molecule has 2 rings (SSSR count). The Bertz CT molecular complexity index is 729. The van der Waals surface area contributed by atoms with E-state index in [9.17, 15) is 4.39 Å². The van der Waals surface area contributed by atoms with Gasteiger partial charge in [0.2, 0.25) is 0 Å². The number of allylic oxidation sites excluding steroid dienone is 4. The summed E-state index contributed by atoms with van der Waals surface area (Å²) in [5.41, 5.74) is 15.5. The van der Waals surface area contributed by atoms with Crippen molar-refractivity contribution in [2.75, 3.05) is 13.1 Å². The lowest BCUT2D eigenvalue weighted by Crippen LogP contribution is -2.47. The molecule has 0 saturated carbocycles. The summed E-state index contributed by atoms with van der Waals surface area (Å²) in [6.45, 7) is 16.0. The van der Waals surface area contributed by atoms with Gasteiger partial charge in [-0.2, -0.15) is 0 Å². The number of piperidine rings is 1. The van der Waals surface area contributed by atoms with Crippen LogP contribution in [0.5, 0.6) is 0 Å². The van der Waals surface area contributed by atoms with Gasteiger partial charge in [0, 0.05) is 55.1 Å². The zero-order valence-corrected chi connectivity index (χ0v) is 20.2. The third-order valence-electron chi connectivity index (χ3n) is 6.42. The number of hydrogen-bond donors (Lipinski definition) is 2. The molecule has 2 atom stereocenters. The van der Waals surface area contributed by atoms with Gasteiger partial charge in [-0.3, -0.25) is 5.73 Å². The van der Waals surface area contributed by atoms with Gasteiger partial charge < -0.3 is 15.5 Å². The second-order valence-electron chi connectivity index (χ2n) is 9.94. The zero-order chi connectivity index (χ0) is 23.2. The van der Waals surface area contributed by atoms with E-state index in [1.807, 2.05) is 6.08 Å². The van der Waals surface area contributed by atoms with Crippen LogP contribution >= 0.6 is 0 Å². The quantitative estimate of drug-likeness (QED) is 0.381. The predicted octanol–water partition coefficient (Wildman–Crippen LogP) is 5.37. The Morgan fingerprint density at radius 2 is 2.03 bits per heavy atom. The second kappa shape index (κ2) is 10.6. The summed E-state index contributed by atoms with van der Waals surface area (Å²) >= 11 is 0. The smallest absolute Gasteiger partial charge is 0.162 e. The van der Waals surface area contributed by atoms with Crippen LogP contribution in [-0.2, 0) is 0 Å². The highest BCUT2D eigenvalue weighted by Gasteiger charge is 2.32. The van der Waals surface area contributed by atoms with E-state index in [-0.39, 0.29) is 11.6 Å². The van der Waals surface area contributed by atoms with Crippen LogP contribution < -0.4 is 11.5 Å². The molecule has 1 saturated heterocycles. The van der Waals surface area contributed by atoms with Crippen molar-refractivity contribution in [3.8, 4) is 0 Å². The molecule has 174 valence electrons. The minimum absolute atomic E-state index is 0.177. The fourth-order valence-electron chi connectivity index (χ4n) is 3.98. The van der Waals surface area contributed by atoms with E-state index in [4.69, 9.17) is 11.5 Å². The van der Waals surface area contributed by atoms with Gasteiger partial charge in [-0.15, -0.1) is 0 Å². The molecule has 2 aliphatic rings. The highest BCUT2D eigenvalue weighted by atomic mass is 19.1. The number of halogens is 1. The molecule has 0 spiro atoms. The number of nitrogens with two attached hydrogens (primary N) is 2. The van der Waals surface area contributed by atoms with Crippen molar-refractivity contribution in [2.24, 2.45) is 17.4 Å². The molecule has 31 heavy (non-hydrogen) atoms. The molecule has 0 aromatic carbocycles. The number of alkyl halides is 1. The Kier molecular flexibility index (Phi) is 8.73. The van der Waals surface area contributed by atoms with Gasteiger partial charge in [0.05, 0.1) is 6.04 Å². The van der Waals surface area contributed by atoms with Gasteiger partial charge >= 0.3 is 0 Å². The monoisotopic (exact) mass is 430 g/mol.